The number of hydrogen-bond donors (Lipinski definition) is 1. The van der Waals surface area contributed by atoms with E-state index in [4.69, 9.17) is 0 Å². The number of nitrogens with zero attached hydrogens (tertiary/aromatic N) is 1. The minimum Gasteiger partial charge on any atom is -0.347 e. The van der Waals surface area contributed by atoms with Gasteiger partial charge in [-0.15, -0.1) is 0 Å². The Kier molecular flexibility index (Phi) is 3.26. The molecule has 0 atom stereocenters. The minimum atomic E-state index is -0.218. The van der Waals surface area contributed by atoms with Gasteiger partial charge in [0.2, 0.25) is 0 Å². The van der Waals surface area contributed by atoms with Gasteiger partial charge in [0.05, 0.1) is 5.56 Å². The van der Waals surface area contributed by atoms with Crippen LogP contribution in [0, 0.1) is 0 Å². The number of pyridine rings is 1. The lowest BCUT2D eigenvalue weighted by Gasteiger charge is -2.20. The smallest absolute Gasteiger partial charge is 0.253 e. The van der Waals surface area contributed by atoms with Gasteiger partial charge in [-0.25, -0.2) is 4.98 Å². The van der Waals surface area contributed by atoms with E-state index in [2.05, 4.69) is 26.2 Å². The molecule has 1 N–H and O–H groups in total. The third kappa shape index (κ3) is 3.46. The van der Waals surface area contributed by atoms with E-state index < -0.39 is 0 Å². The molecule has 1 heterocycles. The van der Waals surface area contributed by atoms with Crippen molar-refractivity contribution in [2.75, 3.05) is 0 Å². The molecule has 0 bridgehead atoms. The van der Waals surface area contributed by atoms with E-state index in [9.17, 15) is 4.79 Å². The molecule has 1 amide bonds. The molecule has 0 aliphatic heterocycles. The number of amides is 1. The van der Waals surface area contributed by atoms with Crippen LogP contribution in [0.2, 0.25) is 0 Å². The first-order valence-electron chi connectivity index (χ1n) is 4.32. The molecule has 1 aromatic rings. The third-order valence-electron chi connectivity index (χ3n) is 1.48. The maximum absolute atomic E-state index is 11.6. The van der Waals surface area contributed by atoms with Gasteiger partial charge in [0, 0.05) is 11.7 Å². The van der Waals surface area contributed by atoms with Crippen LogP contribution in [-0.4, -0.2) is 16.4 Å². The van der Waals surface area contributed by atoms with Crippen molar-refractivity contribution >= 4 is 21.8 Å². The zero-order valence-electron chi connectivity index (χ0n) is 8.47. The lowest BCUT2D eigenvalue weighted by molar-refractivity contribution is 0.0919. The van der Waals surface area contributed by atoms with Crippen molar-refractivity contribution < 1.29 is 4.79 Å². The molecule has 0 aliphatic carbocycles. The van der Waals surface area contributed by atoms with Crippen molar-refractivity contribution in [1.82, 2.24) is 10.3 Å². The summed E-state index contributed by atoms with van der Waals surface area (Å²) in [5, 5.41) is 2.86. The minimum absolute atomic E-state index is 0.0995. The third-order valence-corrected chi connectivity index (χ3v) is 1.95. The van der Waals surface area contributed by atoms with Crippen LogP contribution >= 0.6 is 15.9 Å². The Morgan fingerprint density at radius 2 is 2.07 bits per heavy atom. The van der Waals surface area contributed by atoms with Crippen LogP contribution in [0.15, 0.2) is 22.9 Å². The van der Waals surface area contributed by atoms with E-state index in [1.807, 2.05) is 20.8 Å². The maximum atomic E-state index is 11.6. The van der Waals surface area contributed by atoms with Gasteiger partial charge < -0.3 is 5.32 Å². The average molecular weight is 257 g/mol. The van der Waals surface area contributed by atoms with E-state index in [0.29, 0.717) is 5.56 Å². The molecule has 0 unspecified atom stereocenters. The van der Waals surface area contributed by atoms with Crippen LogP contribution in [0.4, 0.5) is 0 Å². The van der Waals surface area contributed by atoms with Gasteiger partial charge in [0.25, 0.3) is 5.91 Å². The molecule has 1 aromatic heterocycles. The van der Waals surface area contributed by atoms with Crippen molar-refractivity contribution in [3.05, 3.63) is 28.5 Å². The first-order valence-corrected chi connectivity index (χ1v) is 5.12. The highest BCUT2D eigenvalue weighted by atomic mass is 79.9. The van der Waals surface area contributed by atoms with Crippen LogP contribution in [0.1, 0.15) is 31.1 Å². The summed E-state index contributed by atoms with van der Waals surface area (Å²) < 4.78 is 0.727. The summed E-state index contributed by atoms with van der Waals surface area (Å²) in [6, 6.07) is 3.48. The predicted molar refractivity (Wildman–Crippen MR) is 59.2 cm³/mol. The van der Waals surface area contributed by atoms with E-state index in [1.54, 1.807) is 18.3 Å². The fourth-order valence-corrected chi connectivity index (χ4v) is 1.16. The van der Waals surface area contributed by atoms with Crippen molar-refractivity contribution in [3.63, 3.8) is 0 Å². The molecule has 0 radical (unpaired) electrons. The zero-order chi connectivity index (χ0) is 10.8. The number of carbonyl (C=O) groups is 1. The Hall–Kier alpha value is -0.900. The molecule has 0 aliphatic rings. The van der Waals surface area contributed by atoms with Crippen molar-refractivity contribution in [3.8, 4) is 0 Å². The lowest BCUT2D eigenvalue weighted by atomic mass is 10.1. The SMILES string of the molecule is CC(C)(C)NC(=O)c1ccc(Br)nc1. The highest BCUT2D eigenvalue weighted by Gasteiger charge is 2.14. The Morgan fingerprint density at radius 1 is 1.43 bits per heavy atom. The van der Waals surface area contributed by atoms with Gasteiger partial charge >= 0.3 is 0 Å². The second kappa shape index (κ2) is 4.09. The highest BCUT2D eigenvalue weighted by Crippen LogP contribution is 2.08. The molecule has 3 nitrogen and oxygen atoms in total. The fraction of sp³-hybridized carbons (Fsp3) is 0.400. The van der Waals surface area contributed by atoms with E-state index in [0.717, 1.165) is 4.60 Å². The molecule has 14 heavy (non-hydrogen) atoms. The van der Waals surface area contributed by atoms with Gasteiger partial charge in [-0.1, -0.05) is 0 Å². The predicted octanol–water partition coefficient (Wildman–Crippen LogP) is 2.37. The van der Waals surface area contributed by atoms with E-state index >= 15 is 0 Å². The largest absolute Gasteiger partial charge is 0.347 e. The van der Waals surface area contributed by atoms with Crippen LogP contribution < -0.4 is 5.32 Å². The number of carbonyl (C=O) groups excluding carboxylic acids is 1. The van der Waals surface area contributed by atoms with E-state index in [1.165, 1.54) is 0 Å². The molecular formula is C10H13BrN2O. The Bertz CT molecular complexity index is 327. The van der Waals surface area contributed by atoms with Crippen LogP contribution in [-0.2, 0) is 0 Å². The summed E-state index contributed by atoms with van der Waals surface area (Å²) in [6.07, 6.45) is 1.55. The lowest BCUT2D eigenvalue weighted by Crippen LogP contribution is -2.40. The Morgan fingerprint density at radius 3 is 2.50 bits per heavy atom. The van der Waals surface area contributed by atoms with Crippen molar-refractivity contribution in [2.45, 2.75) is 26.3 Å². The Labute approximate surface area is 92.1 Å². The number of hydrogen-bond acceptors (Lipinski definition) is 2. The normalized spacial score (nSPS) is 11.1. The summed E-state index contributed by atoms with van der Waals surface area (Å²) in [6.45, 7) is 5.82. The second-order valence-electron chi connectivity index (χ2n) is 4.07. The topological polar surface area (TPSA) is 42.0 Å². The van der Waals surface area contributed by atoms with Gasteiger partial charge in [-0.3, -0.25) is 4.79 Å². The summed E-state index contributed by atoms with van der Waals surface area (Å²) >= 11 is 3.21. The van der Waals surface area contributed by atoms with Gasteiger partial charge in [0.15, 0.2) is 0 Å². The Balaban J connectivity index is 2.76. The summed E-state index contributed by atoms with van der Waals surface area (Å²) in [5.41, 5.74) is 0.354. The summed E-state index contributed by atoms with van der Waals surface area (Å²) in [4.78, 5) is 15.6. The number of aromatic nitrogens is 1. The number of halogens is 1. The van der Waals surface area contributed by atoms with Crippen LogP contribution in [0.5, 0.6) is 0 Å². The van der Waals surface area contributed by atoms with Crippen LogP contribution in [0.3, 0.4) is 0 Å². The molecule has 4 heteroatoms. The molecule has 1 rings (SSSR count). The molecule has 0 fully saturated rings. The summed E-state index contributed by atoms with van der Waals surface area (Å²) in [5.74, 6) is -0.0995. The maximum Gasteiger partial charge on any atom is 0.253 e. The quantitative estimate of drug-likeness (QED) is 0.785. The first kappa shape index (κ1) is 11.2. The van der Waals surface area contributed by atoms with Gasteiger partial charge in [-0.2, -0.15) is 0 Å². The molecular weight excluding hydrogens is 244 g/mol. The average Bonchev–Trinajstić information content (AvgIpc) is 2.02. The van der Waals surface area contributed by atoms with Crippen molar-refractivity contribution in [1.29, 1.82) is 0 Å². The standard InChI is InChI=1S/C10H13BrN2O/c1-10(2,3)13-9(14)7-4-5-8(11)12-6-7/h4-6H,1-3H3,(H,13,14). The molecule has 0 saturated heterocycles. The number of nitrogens with one attached hydrogen (secondary N) is 1. The monoisotopic (exact) mass is 256 g/mol. The van der Waals surface area contributed by atoms with Crippen LogP contribution in [0.25, 0.3) is 0 Å². The molecule has 0 aromatic carbocycles. The molecule has 76 valence electrons. The van der Waals surface area contributed by atoms with Crippen molar-refractivity contribution in [2.24, 2.45) is 0 Å². The van der Waals surface area contributed by atoms with E-state index in [-0.39, 0.29) is 11.4 Å². The van der Waals surface area contributed by atoms with Gasteiger partial charge in [-0.05, 0) is 48.8 Å². The molecule has 0 saturated carbocycles. The summed E-state index contributed by atoms with van der Waals surface area (Å²) in [7, 11) is 0. The first-order chi connectivity index (χ1) is 6.38. The highest BCUT2D eigenvalue weighted by molar-refractivity contribution is 9.10. The van der Waals surface area contributed by atoms with Gasteiger partial charge in [0.1, 0.15) is 4.60 Å². The fourth-order valence-electron chi connectivity index (χ4n) is 0.923. The second-order valence-corrected chi connectivity index (χ2v) is 4.89. The number of rotatable bonds is 1. The zero-order valence-corrected chi connectivity index (χ0v) is 10.1. The molecule has 0 spiro atoms.